The summed E-state index contributed by atoms with van der Waals surface area (Å²) < 4.78 is 0. The highest BCUT2D eigenvalue weighted by Gasteiger charge is 2.20. The van der Waals surface area contributed by atoms with E-state index in [2.05, 4.69) is 67.8 Å². The molecule has 2 heterocycles. The first-order valence-electron chi connectivity index (χ1n) is 9.01. The van der Waals surface area contributed by atoms with Gasteiger partial charge in [-0.15, -0.1) is 0 Å². The Morgan fingerprint density at radius 2 is 2.04 bits per heavy atom. The Labute approximate surface area is 145 Å². The lowest BCUT2D eigenvalue weighted by Crippen LogP contribution is -2.36. The van der Waals surface area contributed by atoms with Gasteiger partial charge in [-0.05, 0) is 57.2 Å². The van der Waals surface area contributed by atoms with Crippen LogP contribution in [0.4, 0.5) is 17.5 Å². The summed E-state index contributed by atoms with van der Waals surface area (Å²) in [7, 11) is 0. The Hall–Kier alpha value is -2.10. The fraction of sp³-hybridized carbons (Fsp3) is 0.500. The van der Waals surface area contributed by atoms with Gasteiger partial charge in [0.05, 0.1) is 0 Å². The third-order valence-corrected chi connectivity index (χ3v) is 4.67. The van der Waals surface area contributed by atoms with Gasteiger partial charge >= 0.3 is 0 Å². The molecule has 0 aliphatic carbocycles. The maximum absolute atomic E-state index is 4.91. The van der Waals surface area contributed by atoms with Crippen molar-refractivity contribution in [2.24, 2.45) is 5.92 Å². The zero-order valence-electron chi connectivity index (χ0n) is 15.3. The van der Waals surface area contributed by atoms with Crippen molar-refractivity contribution < 1.29 is 0 Å². The quantitative estimate of drug-likeness (QED) is 0.829. The summed E-state index contributed by atoms with van der Waals surface area (Å²) in [5.41, 5.74) is 3.48. The van der Waals surface area contributed by atoms with Crippen LogP contribution in [0.25, 0.3) is 0 Å². The summed E-state index contributed by atoms with van der Waals surface area (Å²) in [5.74, 6) is 2.58. The predicted molar refractivity (Wildman–Crippen MR) is 101 cm³/mol. The van der Waals surface area contributed by atoms with Gasteiger partial charge in [-0.1, -0.05) is 19.1 Å². The molecule has 3 rings (SSSR count). The van der Waals surface area contributed by atoms with Crippen LogP contribution in [0.5, 0.6) is 0 Å². The number of rotatable bonds is 4. The number of piperidine rings is 1. The van der Waals surface area contributed by atoms with E-state index in [1.165, 1.54) is 24.1 Å². The van der Waals surface area contributed by atoms with Crippen LogP contribution in [0.2, 0.25) is 0 Å². The van der Waals surface area contributed by atoms with Crippen LogP contribution < -0.4 is 9.80 Å². The van der Waals surface area contributed by atoms with Crippen molar-refractivity contribution in [1.82, 2.24) is 9.97 Å². The number of aryl methyl sites for hydroxylation is 2. The molecule has 1 fully saturated rings. The van der Waals surface area contributed by atoms with Crippen molar-refractivity contribution in [2.45, 2.75) is 40.5 Å². The molecule has 4 nitrogen and oxygen atoms in total. The van der Waals surface area contributed by atoms with Gasteiger partial charge in [0.15, 0.2) is 0 Å². The van der Waals surface area contributed by atoms with E-state index in [4.69, 9.17) is 9.97 Å². The predicted octanol–water partition coefficient (Wildman–Crippen LogP) is 4.49. The van der Waals surface area contributed by atoms with Gasteiger partial charge in [0.25, 0.3) is 0 Å². The third kappa shape index (κ3) is 3.69. The van der Waals surface area contributed by atoms with Crippen LogP contribution in [-0.4, -0.2) is 29.6 Å². The van der Waals surface area contributed by atoms with Crippen molar-refractivity contribution in [1.29, 1.82) is 0 Å². The molecule has 24 heavy (non-hydrogen) atoms. The molecule has 0 spiro atoms. The Morgan fingerprint density at radius 3 is 2.75 bits per heavy atom. The lowest BCUT2D eigenvalue weighted by atomic mass is 10.0. The minimum atomic E-state index is 0.713. The molecule has 0 saturated carbocycles. The molecule has 4 heteroatoms. The average Bonchev–Trinajstić information content (AvgIpc) is 2.55. The Morgan fingerprint density at radius 1 is 1.21 bits per heavy atom. The number of hydrogen-bond donors (Lipinski definition) is 0. The number of anilines is 3. The first-order chi connectivity index (χ1) is 11.6. The van der Waals surface area contributed by atoms with E-state index in [-0.39, 0.29) is 0 Å². The molecule has 0 N–H and O–H groups in total. The smallest absolute Gasteiger partial charge is 0.227 e. The fourth-order valence-corrected chi connectivity index (χ4v) is 3.46. The second-order valence-corrected chi connectivity index (χ2v) is 6.94. The summed E-state index contributed by atoms with van der Waals surface area (Å²) >= 11 is 0. The standard InChI is InChI=1S/C20H28N4/c1-5-24(18-10-6-8-15(2)12-18)19-13-17(4)21-20(22-19)23-11-7-9-16(3)14-23/h6,8,10,12-13,16H,5,7,9,11,14H2,1-4H3. The average molecular weight is 324 g/mol. The Balaban J connectivity index is 1.94. The SMILES string of the molecule is CCN(c1cccc(C)c1)c1cc(C)nc(N2CCCC(C)C2)n1. The minimum Gasteiger partial charge on any atom is -0.340 e. The number of hydrogen-bond acceptors (Lipinski definition) is 4. The molecule has 1 aliphatic rings. The minimum absolute atomic E-state index is 0.713. The molecule has 1 saturated heterocycles. The largest absolute Gasteiger partial charge is 0.340 e. The number of nitrogens with zero attached hydrogens (tertiary/aromatic N) is 4. The fourth-order valence-electron chi connectivity index (χ4n) is 3.46. The van der Waals surface area contributed by atoms with Crippen molar-refractivity contribution in [3.8, 4) is 0 Å². The van der Waals surface area contributed by atoms with E-state index in [0.717, 1.165) is 37.1 Å². The van der Waals surface area contributed by atoms with Crippen LogP contribution in [0, 0.1) is 19.8 Å². The molecule has 0 radical (unpaired) electrons. The molecule has 1 atom stereocenters. The zero-order valence-corrected chi connectivity index (χ0v) is 15.3. The molecule has 1 aliphatic heterocycles. The molecule has 2 aromatic rings. The molecule has 0 bridgehead atoms. The highest BCUT2D eigenvalue weighted by Crippen LogP contribution is 2.27. The van der Waals surface area contributed by atoms with Crippen LogP contribution in [-0.2, 0) is 0 Å². The van der Waals surface area contributed by atoms with E-state index in [9.17, 15) is 0 Å². The van der Waals surface area contributed by atoms with Gasteiger partial charge in [-0.2, -0.15) is 4.98 Å². The molecule has 0 amide bonds. The second-order valence-electron chi connectivity index (χ2n) is 6.94. The van der Waals surface area contributed by atoms with E-state index in [1.54, 1.807) is 0 Å². The second kappa shape index (κ2) is 7.20. The van der Waals surface area contributed by atoms with Crippen molar-refractivity contribution >= 4 is 17.5 Å². The zero-order chi connectivity index (χ0) is 17.1. The van der Waals surface area contributed by atoms with Crippen molar-refractivity contribution in [3.05, 3.63) is 41.6 Å². The maximum atomic E-state index is 4.91. The number of aromatic nitrogens is 2. The first-order valence-corrected chi connectivity index (χ1v) is 9.01. The van der Waals surface area contributed by atoms with Gasteiger partial charge in [0.1, 0.15) is 5.82 Å². The molecular weight excluding hydrogens is 296 g/mol. The highest BCUT2D eigenvalue weighted by atomic mass is 15.3. The van der Waals surface area contributed by atoms with E-state index in [1.807, 2.05) is 0 Å². The number of benzene rings is 1. The van der Waals surface area contributed by atoms with Crippen LogP contribution in [0.3, 0.4) is 0 Å². The van der Waals surface area contributed by atoms with Gasteiger partial charge in [0, 0.05) is 37.1 Å². The third-order valence-electron chi connectivity index (χ3n) is 4.67. The van der Waals surface area contributed by atoms with Gasteiger partial charge in [0.2, 0.25) is 5.95 Å². The van der Waals surface area contributed by atoms with Crippen LogP contribution >= 0.6 is 0 Å². The van der Waals surface area contributed by atoms with E-state index in [0.29, 0.717) is 5.92 Å². The lowest BCUT2D eigenvalue weighted by Gasteiger charge is -2.32. The maximum Gasteiger partial charge on any atom is 0.227 e. The summed E-state index contributed by atoms with van der Waals surface area (Å²) in [6, 6.07) is 10.7. The van der Waals surface area contributed by atoms with Crippen LogP contribution in [0.1, 0.15) is 37.9 Å². The molecule has 1 aromatic heterocycles. The van der Waals surface area contributed by atoms with E-state index < -0.39 is 0 Å². The Bertz CT molecular complexity index is 698. The van der Waals surface area contributed by atoms with Crippen LogP contribution in [0.15, 0.2) is 30.3 Å². The molecular formula is C20H28N4. The Kier molecular flexibility index (Phi) is 5.03. The topological polar surface area (TPSA) is 32.3 Å². The van der Waals surface area contributed by atoms with Gasteiger partial charge in [-0.3, -0.25) is 0 Å². The lowest BCUT2D eigenvalue weighted by molar-refractivity contribution is 0.442. The molecule has 128 valence electrons. The normalized spacial score (nSPS) is 17.8. The molecule has 1 aromatic carbocycles. The van der Waals surface area contributed by atoms with E-state index >= 15 is 0 Å². The summed E-state index contributed by atoms with van der Waals surface area (Å²) in [6.45, 7) is 11.7. The summed E-state index contributed by atoms with van der Waals surface area (Å²) in [5, 5.41) is 0. The van der Waals surface area contributed by atoms with Gasteiger partial charge in [-0.25, -0.2) is 4.98 Å². The van der Waals surface area contributed by atoms with Crippen molar-refractivity contribution in [3.63, 3.8) is 0 Å². The van der Waals surface area contributed by atoms with Gasteiger partial charge < -0.3 is 9.80 Å². The summed E-state index contributed by atoms with van der Waals surface area (Å²) in [4.78, 5) is 14.2. The highest BCUT2D eigenvalue weighted by molar-refractivity contribution is 5.62. The summed E-state index contributed by atoms with van der Waals surface area (Å²) in [6.07, 6.45) is 2.53. The first kappa shape index (κ1) is 16.7. The van der Waals surface area contributed by atoms with Crippen molar-refractivity contribution in [2.75, 3.05) is 29.4 Å². The monoisotopic (exact) mass is 324 g/mol. The molecule has 1 unspecified atom stereocenters.